The van der Waals surface area contributed by atoms with Crippen LogP contribution in [0.4, 0.5) is 0 Å². The summed E-state index contributed by atoms with van der Waals surface area (Å²) in [6.07, 6.45) is 4.34. The molecular formula is C21H29N3O6. The maximum Gasteiger partial charge on any atom is 0.328 e. The zero-order chi connectivity index (χ0) is 22.5. The van der Waals surface area contributed by atoms with Gasteiger partial charge in [-0.3, -0.25) is 4.68 Å². The third-order valence-electron chi connectivity index (χ3n) is 3.86. The summed E-state index contributed by atoms with van der Waals surface area (Å²) in [6, 6.07) is 10.4. The number of carboxylic acid groups (broad SMARTS) is 2. The molecule has 0 saturated carbocycles. The topological polar surface area (TPSA) is 134 Å². The van der Waals surface area contributed by atoms with Gasteiger partial charge in [-0.15, -0.1) is 0 Å². The quantitative estimate of drug-likeness (QED) is 0.429. The van der Waals surface area contributed by atoms with Gasteiger partial charge in [0.2, 0.25) is 0 Å². The van der Waals surface area contributed by atoms with Crippen LogP contribution in [0.15, 0.2) is 54.9 Å². The first-order valence-corrected chi connectivity index (χ1v) is 9.46. The summed E-state index contributed by atoms with van der Waals surface area (Å²) >= 11 is 0. The molecule has 0 aliphatic heterocycles. The Morgan fingerprint density at radius 2 is 1.73 bits per heavy atom. The zero-order valence-electron chi connectivity index (χ0n) is 17.3. The second-order valence-electron chi connectivity index (χ2n) is 6.77. The molecule has 30 heavy (non-hydrogen) atoms. The highest BCUT2D eigenvalue weighted by Crippen LogP contribution is 2.20. The fraction of sp³-hybridized carbons (Fsp3) is 0.381. The largest absolute Gasteiger partial charge is 0.491 e. The fourth-order valence-corrected chi connectivity index (χ4v) is 2.27. The van der Waals surface area contributed by atoms with Gasteiger partial charge in [0, 0.05) is 37.1 Å². The average molecular weight is 419 g/mol. The van der Waals surface area contributed by atoms with Gasteiger partial charge in [-0.05, 0) is 30.7 Å². The molecule has 2 aromatic rings. The molecule has 4 N–H and O–H groups in total. The van der Waals surface area contributed by atoms with Gasteiger partial charge in [0.1, 0.15) is 18.5 Å². The molecule has 2 rings (SSSR count). The van der Waals surface area contributed by atoms with E-state index in [-0.39, 0.29) is 12.6 Å². The molecule has 0 fully saturated rings. The third kappa shape index (κ3) is 10.4. The van der Waals surface area contributed by atoms with Crippen LogP contribution in [0.2, 0.25) is 0 Å². The number of carboxylic acids is 2. The number of aliphatic hydroxyl groups excluding tert-OH is 1. The summed E-state index contributed by atoms with van der Waals surface area (Å²) in [5.41, 5.74) is 1.16. The minimum absolute atomic E-state index is 0.185. The van der Waals surface area contributed by atoms with Crippen LogP contribution >= 0.6 is 0 Å². The first-order chi connectivity index (χ1) is 14.2. The minimum Gasteiger partial charge on any atom is -0.491 e. The van der Waals surface area contributed by atoms with Gasteiger partial charge < -0.3 is 25.4 Å². The number of hydrogen-bond donors (Lipinski definition) is 4. The van der Waals surface area contributed by atoms with E-state index < -0.39 is 18.0 Å². The van der Waals surface area contributed by atoms with Gasteiger partial charge >= 0.3 is 11.9 Å². The normalized spacial score (nSPS) is 12.8. The van der Waals surface area contributed by atoms with Gasteiger partial charge in [-0.25, -0.2) is 9.59 Å². The van der Waals surface area contributed by atoms with Crippen LogP contribution in [0.25, 0.3) is 0 Å². The van der Waals surface area contributed by atoms with E-state index >= 15 is 0 Å². The monoisotopic (exact) mass is 419 g/mol. The number of rotatable bonds is 10. The zero-order valence-corrected chi connectivity index (χ0v) is 17.3. The highest BCUT2D eigenvalue weighted by Gasteiger charge is 2.09. The molecule has 0 spiro atoms. The molecule has 1 aromatic carbocycles. The number of nitrogens with one attached hydrogen (secondary N) is 1. The van der Waals surface area contributed by atoms with E-state index in [0.29, 0.717) is 24.7 Å². The summed E-state index contributed by atoms with van der Waals surface area (Å²) in [7, 11) is 0. The Bertz CT molecular complexity index is 772. The van der Waals surface area contributed by atoms with E-state index in [9.17, 15) is 14.7 Å². The highest BCUT2D eigenvalue weighted by molar-refractivity contribution is 5.89. The number of nitrogens with zero attached hydrogens (tertiary/aromatic N) is 2. The number of hydrogen-bond acceptors (Lipinski definition) is 6. The second-order valence-corrected chi connectivity index (χ2v) is 6.77. The van der Waals surface area contributed by atoms with Crippen LogP contribution in [-0.2, 0) is 9.59 Å². The first-order valence-electron chi connectivity index (χ1n) is 9.46. The van der Waals surface area contributed by atoms with Crippen LogP contribution in [-0.4, -0.2) is 62.3 Å². The smallest absolute Gasteiger partial charge is 0.328 e. The number of aromatic nitrogens is 2. The summed E-state index contributed by atoms with van der Waals surface area (Å²) in [5.74, 6) is -1.75. The molecule has 0 aliphatic carbocycles. The van der Waals surface area contributed by atoms with Crippen molar-refractivity contribution in [1.29, 1.82) is 0 Å². The molecule has 0 saturated heterocycles. The van der Waals surface area contributed by atoms with Crippen molar-refractivity contribution in [3.8, 4) is 5.75 Å². The Morgan fingerprint density at radius 3 is 2.20 bits per heavy atom. The Kier molecular flexibility index (Phi) is 10.9. The summed E-state index contributed by atoms with van der Waals surface area (Å²) in [6.45, 7) is 7.02. The maximum atomic E-state index is 9.83. The molecule has 0 bridgehead atoms. The molecule has 9 nitrogen and oxygen atoms in total. The lowest BCUT2D eigenvalue weighted by atomic mass is 10.1. The maximum absolute atomic E-state index is 9.83. The van der Waals surface area contributed by atoms with Gasteiger partial charge in [0.05, 0.1) is 6.04 Å². The molecule has 0 aliphatic rings. The minimum atomic E-state index is -1.26. The van der Waals surface area contributed by atoms with Crippen molar-refractivity contribution in [2.45, 2.75) is 39.0 Å². The van der Waals surface area contributed by atoms with E-state index in [2.05, 4.69) is 17.3 Å². The molecule has 2 atom stereocenters. The van der Waals surface area contributed by atoms with Crippen molar-refractivity contribution in [1.82, 2.24) is 15.1 Å². The van der Waals surface area contributed by atoms with Gasteiger partial charge in [0.15, 0.2) is 0 Å². The SMILES string of the molecule is CC(C)NCC(O)COc1ccc(C(C)n2cccn2)cc1.O=C(O)/C=C\C(=O)O. The Balaban J connectivity index is 0.000000479. The molecule has 0 radical (unpaired) electrons. The molecule has 164 valence electrons. The van der Waals surface area contributed by atoms with E-state index in [1.165, 1.54) is 0 Å². The van der Waals surface area contributed by atoms with Crippen molar-refractivity contribution in [2.75, 3.05) is 13.2 Å². The number of benzene rings is 1. The fourth-order valence-electron chi connectivity index (χ4n) is 2.27. The average Bonchev–Trinajstić information content (AvgIpc) is 3.24. The van der Waals surface area contributed by atoms with Gasteiger partial charge in [-0.2, -0.15) is 5.10 Å². The lowest BCUT2D eigenvalue weighted by molar-refractivity contribution is -0.134. The summed E-state index contributed by atoms with van der Waals surface area (Å²) in [5, 5.41) is 32.9. The molecule has 1 aromatic heterocycles. The standard InChI is InChI=1S/C17H25N3O2.C4H4O4/c1-13(2)18-11-16(21)12-22-17-7-5-15(6-8-17)14(3)20-10-4-9-19-20;5-3(6)1-2-4(7)8/h4-10,13-14,16,18,21H,11-12H2,1-3H3;1-2H,(H,5,6)(H,7,8)/b;2-1-. The number of carbonyl (C=O) groups is 2. The van der Waals surface area contributed by atoms with Crippen LogP contribution < -0.4 is 10.1 Å². The van der Waals surface area contributed by atoms with Gasteiger partial charge in [0.25, 0.3) is 0 Å². The summed E-state index contributed by atoms with van der Waals surface area (Å²) in [4.78, 5) is 19.1. The molecular weight excluding hydrogens is 390 g/mol. The molecule has 0 amide bonds. The Morgan fingerprint density at radius 1 is 1.13 bits per heavy atom. The van der Waals surface area contributed by atoms with E-state index in [0.717, 1.165) is 11.3 Å². The lowest BCUT2D eigenvalue weighted by Gasteiger charge is -2.16. The molecule has 9 heteroatoms. The van der Waals surface area contributed by atoms with Crippen molar-refractivity contribution in [3.63, 3.8) is 0 Å². The molecule has 1 heterocycles. The predicted molar refractivity (Wildman–Crippen MR) is 112 cm³/mol. The Hall–Kier alpha value is -3.17. The van der Waals surface area contributed by atoms with E-state index in [4.69, 9.17) is 14.9 Å². The predicted octanol–water partition coefficient (Wildman–Crippen LogP) is 1.94. The Labute approximate surface area is 175 Å². The third-order valence-corrected chi connectivity index (χ3v) is 3.86. The van der Waals surface area contributed by atoms with Crippen molar-refractivity contribution < 1.29 is 29.6 Å². The van der Waals surface area contributed by atoms with Crippen molar-refractivity contribution in [2.24, 2.45) is 0 Å². The van der Waals surface area contributed by atoms with Gasteiger partial charge in [-0.1, -0.05) is 26.0 Å². The van der Waals surface area contributed by atoms with Crippen LogP contribution in [0.1, 0.15) is 32.4 Å². The van der Waals surface area contributed by atoms with Crippen LogP contribution in [0.3, 0.4) is 0 Å². The van der Waals surface area contributed by atoms with E-state index in [1.54, 1.807) is 6.20 Å². The second kappa shape index (κ2) is 13.1. The number of aliphatic hydroxyl groups is 1. The number of aliphatic carboxylic acids is 2. The highest BCUT2D eigenvalue weighted by atomic mass is 16.5. The van der Waals surface area contributed by atoms with Crippen LogP contribution in [0.5, 0.6) is 5.75 Å². The summed E-state index contributed by atoms with van der Waals surface area (Å²) < 4.78 is 7.53. The molecule has 2 unspecified atom stereocenters. The van der Waals surface area contributed by atoms with Crippen molar-refractivity contribution in [3.05, 3.63) is 60.4 Å². The first kappa shape index (κ1) is 24.9. The van der Waals surface area contributed by atoms with E-state index in [1.807, 2.05) is 55.1 Å². The number of ether oxygens (including phenoxy) is 1. The van der Waals surface area contributed by atoms with Crippen LogP contribution in [0, 0.1) is 0 Å². The lowest BCUT2D eigenvalue weighted by Crippen LogP contribution is -2.35. The van der Waals surface area contributed by atoms with Crippen molar-refractivity contribution >= 4 is 11.9 Å².